The number of aliphatic hydroxyl groups excluding tert-OH is 1. The maximum Gasteiger partial charge on any atom is 0.0555 e. The summed E-state index contributed by atoms with van der Waals surface area (Å²) in [6.07, 6.45) is 3.15. The Balaban J connectivity index is 1.81. The van der Waals surface area contributed by atoms with Crippen molar-refractivity contribution in [3.63, 3.8) is 0 Å². The molecule has 0 aromatic heterocycles. The molecule has 16 heavy (non-hydrogen) atoms. The van der Waals surface area contributed by atoms with Crippen LogP contribution >= 0.6 is 0 Å². The topological polar surface area (TPSA) is 26.7 Å². The molecular formula is C13H26N2O. The third-order valence-corrected chi connectivity index (χ3v) is 4.16. The Morgan fingerprint density at radius 2 is 1.62 bits per heavy atom. The Labute approximate surface area is 99.4 Å². The number of nitrogens with zero attached hydrogens (tertiary/aromatic N) is 2. The van der Waals surface area contributed by atoms with Crippen molar-refractivity contribution in [2.24, 2.45) is 0 Å². The van der Waals surface area contributed by atoms with Crippen LogP contribution in [0.2, 0.25) is 0 Å². The van der Waals surface area contributed by atoms with E-state index in [0.717, 1.165) is 12.8 Å². The molecule has 3 heteroatoms. The van der Waals surface area contributed by atoms with Crippen LogP contribution in [0.4, 0.5) is 0 Å². The van der Waals surface area contributed by atoms with E-state index in [9.17, 15) is 5.11 Å². The van der Waals surface area contributed by atoms with Crippen molar-refractivity contribution in [3.8, 4) is 0 Å². The smallest absolute Gasteiger partial charge is 0.0555 e. The molecule has 0 aromatic carbocycles. The van der Waals surface area contributed by atoms with E-state index in [2.05, 4.69) is 30.6 Å². The highest BCUT2D eigenvalue weighted by atomic mass is 16.3. The van der Waals surface area contributed by atoms with Crippen molar-refractivity contribution in [1.29, 1.82) is 0 Å². The Morgan fingerprint density at radius 1 is 1.00 bits per heavy atom. The molecule has 1 saturated carbocycles. The van der Waals surface area contributed by atoms with E-state index >= 15 is 0 Å². The minimum absolute atomic E-state index is 0.0364. The first kappa shape index (κ1) is 12.3. The summed E-state index contributed by atoms with van der Waals surface area (Å²) in [5.74, 6) is 0. The van der Waals surface area contributed by atoms with E-state index in [4.69, 9.17) is 0 Å². The molecule has 94 valence electrons. The molecule has 1 saturated heterocycles. The highest BCUT2D eigenvalue weighted by Crippen LogP contribution is 2.26. The van der Waals surface area contributed by atoms with Gasteiger partial charge in [0.25, 0.3) is 0 Å². The lowest BCUT2D eigenvalue weighted by Crippen LogP contribution is -2.55. The molecule has 1 aliphatic heterocycles. The van der Waals surface area contributed by atoms with Crippen molar-refractivity contribution in [1.82, 2.24) is 9.80 Å². The van der Waals surface area contributed by atoms with Gasteiger partial charge in [-0.05, 0) is 40.0 Å². The van der Waals surface area contributed by atoms with Gasteiger partial charge in [-0.2, -0.15) is 0 Å². The average Bonchev–Trinajstić information content (AvgIpc) is 2.64. The molecule has 1 N–H and O–H groups in total. The Bertz CT molecular complexity index is 229. The van der Waals surface area contributed by atoms with Gasteiger partial charge < -0.3 is 5.11 Å². The summed E-state index contributed by atoms with van der Waals surface area (Å²) in [5.41, 5.74) is 0.307. The van der Waals surface area contributed by atoms with Gasteiger partial charge in [0, 0.05) is 37.8 Å². The predicted molar refractivity (Wildman–Crippen MR) is 66.5 cm³/mol. The summed E-state index contributed by atoms with van der Waals surface area (Å²) in [6, 6.07) is 0.650. The second kappa shape index (κ2) is 4.63. The quantitative estimate of drug-likeness (QED) is 0.730. The number of rotatable bonds is 1. The van der Waals surface area contributed by atoms with Gasteiger partial charge in [0.2, 0.25) is 0 Å². The third-order valence-electron chi connectivity index (χ3n) is 4.16. The Morgan fingerprint density at radius 3 is 2.06 bits per heavy atom. The molecule has 2 aliphatic rings. The van der Waals surface area contributed by atoms with Crippen LogP contribution in [0.1, 0.15) is 40.0 Å². The van der Waals surface area contributed by atoms with Crippen LogP contribution in [0.5, 0.6) is 0 Å². The molecule has 1 aliphatic carbocycles. The molecule has 2 atom stereocenters. The summed E-state index contributed by atoms with van der Waals surface area (Å²) in [5, 5.41) is 9.57. The second-order valence-corrected chi connectivity index (χ2v) is 6.31. The van der Waals surface area contributed by atoms with Crippen molar-refractivity contribution in [2.45, 2.75) is 57.7 Å². The number of hydrogen-bond acceptors (Lipinski definition) is 3. The molecule has 0 radical (unpaired) electrons. The zero-order valence-electron chi connectivity index (χ0n) is 10.9. The molecule has 3 nitrogen and oxygen atoms in total. The maximum atomic E-state index is 9.57. The van der Waals surface area contributed by atoms with Crippen LogP contribution < -0.4 is 0 Å². The molecule has 0 bridgehead atoms. The second-order valence-electron chi connectivity index (χ2n) is 6.31. The van der Waals surface area contributed by atoms with Gasteiger partial charge >= 0.3 is 0 Å². The van der Waals surface area contributed by atoms with Crippen molar-refractivity contribution < 1.29 is 5.11 Å². The van der Waals surface area contributed by atoms with Gasteiger partial charge in [-0.25, -0.2) is 0 Å². The summed E-state index contributed by atoms with van der Waals surface area (Å²) in [7, 11) is 0. The Hall–Kier alpha value is -0.120. The van der Waals surface area contributed by atoms with E-state index in [0.29, 0.717) is 11.6 Å². The van der Waals surface area contributed by atoms with Crippen LogP contribution in [-0.4, -0.2) is 58.8 Å². The molecule has 0 aromatic rings. The SMILES string of the molecule is CC(C)(C)N1CCN(C2CCC(O)C2)CC1. The molecule has 2 unspecified atom stereocenters. The Kier molecular flexibility index (Phi) is 3.57. The van der Waals surface area contributed by atoms with Crippen LogP contribution in [0, 0.1) is 0 Å². The lowest BCUT2D eigenvalue weighted by molar-refractivity contribution is 0.0400. The molecule has 2 rings (SSSR count). The van der Waals surface area contributed by atoms with Gasteiger partial charge in [0.15, 0.2) is 0 Å². The number of piperazine rings is 1. The monoisotopic (exact) mass is 226 g/mol. The van der Waals surface area contributed by atoms with Gasteiger partial charge in [-0.15, -0.1) is 0 Å². The van der Waals surface area contributed by atoms with Crippen molar-refractivity contribution in [3.05, 3.63) is 0 Å². The first-order chi connectivity index (χ1) is 7.47. The van der Waals surface area contributed by atoms with E-state index < -0.39 is 0 Å². The first-order valence-electron chi connectivity index (χ1n) is 6.64. The summed E-state index contributed by atoms with van der Waals surface area (Å²) < 4.78 is 0. The number of hydrogen-bond donors (Lipinski definition) is 1. The summed E-state index contributed by atoms with van der Waals surface area (Å²) >= 11 is 0. The fourth-order valence-corrected chi connectivity index (χ4v) is 3.02. The van der Waals surface area contributed by atoms with Crippen LogP contribution in [-0.2, 0) is 0 Å². The van der Waals surface area contributed by atoms with Gasteiger partial charge in [-0.1, -0.05) is 0 Å². The minimum atomic E-state index is -0.0364. The molecular weight excluding hydrogens is 200 g/mol. The van der Waals surface area contributed by atoms with E-state index in [1.807, 2.05) is 0 Å². The highest BCUT2D eigenvalue weighted by molar-refractivity contribution is 4.88. The standard InChI is InChI=1S/C13H26N2O/c1-13(2,3)15-8-6-14(7-9-15)11-4-5-12(16)10-11/h11-12,16H,4-10H2,1-3H3. The lowest BCUT2D eigenvalue weighted by Gasteiger charge is -2.44. The van der Waals surface area contributed by atoms with Crippen LogP contribution in [0.25, 0.3) is 0 Å². The van der Waals surface area contributed by atoms with E-state index in [-0.39, 0.29) is 6.10 Å². The van der Waals surface area contributed by atoms with E-state index in [1.54, 1.807) is 0 Å². The van der Waals surface area contributed by atoms with Gasteiger partial charge in [-0.3, -0.25) is 9.80 Å². The van der Waals surface area contributed by atoms with E-state index in [1.165, 1.54) is 32.6 Å². The molecule has 2 fully saturated rings. The first-order valence-corrected chi connectivity index (χ1v) is 6.64. The third kappa shape index (κ3) is 2.76. The summed E-state index contributed by atoms with van der Waals surface area (Å²) in [4.78, 5) is 5.15. The normalized spacial score (nSPS) is 34.5. The highest BCUT2D eigenvalue weighted by Gasteiger charge is 2.32. The maximum absolute atomic E-state index is 9.57. The molecule has 0 spiro atoms. The minimum Gasteiger partial charge on any atom is -0.393 e. The zero-order valence-corrected chi connectivity index (χ0v) is 10.9. The molecule has 0 amide bonds. The molecule has 1 heterocycles. The van der Waals surface area contributed by atoms with Crippen molar-refractivity contribution in [2.75, 3.05) is 26.2 Å². The fourth-order valence-electron chi connectivity index (χ4n) is 3.02. The predicted octanol–water partition coefficient (Wildman–Crippen LogP) is 1.32. The van der Waals surface area contributed by atoms with Gasteiger partial charge in [0.1, 0.15) is 0 Å². The largest absolute Gasteiger partial charge is 0.393 e. The lowest BCUT2D eigenvalue weighted by atomic mass is 10.0. The van der Waals surface area contributed by atoms with Crippen LogP contribution in [0.3, 0.4) is 0 Å². The van der Waals surface area contributed by atoms with Crippen molar-refractivity contribution >= 4 is 0 Å². The van der Waals surface area contributed by atoms with Crippen LogP contribution in [0.15, 0.2) is 0 Å². The summed E-state index contributed by atoms with van der Waals surface area (Å²) in [6.45, 7) is 11.6. The average molecular weight is 226 g/mol. The van der Waals surface area contributed by atoms with Gasteiger partial charge in [0.05, 0.1) is 6.10 Å². The number of aliphatic hydroxyl groups is 1. The zero-order chi connectivity index (χ0) is 11.8. The fraction of sp³-hybridized carbons (Fsp3) is 1.00.